The number of carbonyl (C=O) groups excluding carboxylic acids is 2. The number of nitrogens with two attached hydrogens (primary N) is 1. The molecule has 2 amide bonds. The molecule has 7 nitrogen and oxygen atoms in total. The van der Waals surface area contributed by atoms with Crippen molar-refractivity contribution in [1.29, 1.82) is 0 Å². The highest BCUT2D eigenvalue weighted by molar-refractivity contribution is 6.08. The van der Waals surface area contributed by atoms with Crippen molar-refractivity contribution in [3.05, 3.63) is 47.5 Å². The zero-order valence-corrected chi connectivity index (χ0v) is 13.6. The molecule has 0 unspecified atom stereocenters. The summed E-state index contributed by atoms with van der Waals surface area (Å²) < 4.78 is 15.5. The number of rotatable bonds is 6. The number of hydrogen-bond donors (Lipinski definition) is 2. The minimum atomic E-state index is -0.634. The Bertz CT molecular complexity index is 774. The molecule has 0 bridgehead atoms. The van der Waals surface area contributed by atoms with Gasteiger partial charge in [0.1, 0.15) is 17.2 Å². The van der Waals surface area contributed by atoms with E-state index in [4.69, 9.17) is 19.9 Å². The van der Waals surface area contributed by atoms with Crippen molar-refractivity contribution >= 4 is 17.5 Å². The van der Waals surface area contributed by atoms with E-state index in [0.29, 0.717) is 22.9 Å². The molecule has 2 rings (SSSR count). The van der Waals surface area contributed by atoms with Gasteiger partial charge in [0, 0.05) is 11.6 Å². The Hall–Kier alpha value is -3.22. The highest BCUT2D eigenvalue weighted by Crippen LogP contribution is 2.30. The second-order valence-electron chi connectivity index (χ2n) is 4.80. The first-order valence-electron chi connectivity index (χ1n) is 7.01. The highest BCUT2D eigenvalue weighted by atomic mass is 16.5. The van der Waals surface area contributed by atoms with Crippen molar-refractivity contribution in [3.63, 3.8) is 0 Å². The highest BCUT2D eigenvalue weighted by Gasteiger charge is 2.17. The minimum absolute atomic E-state index is 0.179. The van der Waals surface area contributed by atoms with Gasteiger partial charge in [-0.15, -0.1) is 0 Å². The first-order chi connectivity index (χ1) is 11.5. The number of nitrogens with one attached hydrogen (secondary N) is 1. The van der Waals surface area contributed by atoms with Crippen molar-refractivity contribution < 1.29 is 23.8 Å². The fourth-order valence-corrected chi connectivity index (χ4v) is 2.14. The Labute approximate surface area is 139 Å². The molecule has 0 aromatic heterocycles. The summed E-state index contributed by atoms with van der Waals surface area (Å²) in [5.74, 6) is 0.240. The van der Waals surface area contributed by atoms with Gasteiger partial charge in [-0.1, -0.05) is 0 Å². The number of amides is 2. The summed E-state index contributed by atoms with van der Waals surface area (Å²) >= 11 is 0. The molecule has 2 aromatic rings. The molecule has 0 aliphatic heterocycles. The molecule has 126 valence electrons. The molecule has 7 heteroatoms. The molecule has 2 aromatic carbocycles. The minimum Gasteiger partial charge on any atom is -0.497 e. The third-order valence-electron chi connectivity index (χ3n) is 3.38. The summed E-state index contributed by atoms with van der Waals surface area (Å²) in [4.78, 5) is 23.9. The lowest BCUT2D eigenvalue weighted by Crippen LogP contribution is -2.17. The molecule has 0 aliphatic carbocycles. The number of methoxy groups -OCH3 is 3. The number of anilines is 1. The van der Waals surface area contributed by atoms with Crippen LogP contribution in [0.3, 0.4) is 0 Å². The lowest BCUT2D eigenvalue weighted by atomic mass is 10.1. The Balaban J connectivity index is 2.39. The second kappa shape index (κ2) is 7.36. The number of ether oxygens (including phenoxy) is 3. The van der Waals surface area contributed by atoms with Gasteiger partial charge in [0.2, 0.25) is 5.91 Å². The lowest BCUT2D eigenvalue weighted by molar-refractivity contribution is 0.1000. The quantitative estimate of drug-likeness (QED) is 0.844. The molecule has 24 heavy (non-hydrogen) atoms. The fraction of sp³-hybridized carbons (Fsp3) is 0.176. The van der Waals surface area contributed by atoms with Gasteiger partial charge >= 0.3 is 0 Å². The molecule has 0 saturated carbocycles. The molecule has 0 atom stereocenters. The summed E-state index contributed by atoms with van der Waals surface area (Å²) in [7, 11) is 4.45. The van der Waals surface area contributed by atoms with Crippen LogP contribution in [0.25, 0.3) is 0 Å². The third-order valence-corrected chi connectivity index (χ3v) is 3.38. The maximum absolute atomic E-state index is 12.6. The van der Waals surface area contributed by atoms with Crippen LogP contribution in [0.15, 0.2) is 36.4 Å². The molecule has 3 N–H and O–H groups in total. The maximum atomic E-state index is 12.6. The Kier molecular flexibility index (Phi) is 5.26. The van der Waals surface area contributed by atoms with Crippen LogP contribution in [-0.4, -0.2) is 33.1 Å². The number of primary amides is 1. The largest absolute Gasteiger partial charge is 0.497 e. The van der Waals surface area contributed by atoms with Crippen molar-refractivity contribution in [2.45, 2.75) is 0 Å². The van der Waals surface area contributed by atoms with Crippen molar-refractivity contribution in [1.82, 2.24) is 0 Å². The van der Waals surface area contributed by atoms with E-state index in [1.54, 1.807) is 18.2 Å². The van der Waals surface area contributed by atoms with Crippen molar-refractivity contribution in [2.75, 3.05) is 26.6 Å². The molecule has 0 aliphatic rings. The van der Waals surface area contributed by atoms with Crippen molar-refractivity contribution in [3.8, 4) is 17.2 Å². The molecule has 0 heterocycles. The normalized spacial score (nSPS) is 9.96. The average molecular weight is 330 g/mol. The second-order valence-corrected chi connectivity index (χ2v) is 4.80. The summed E-state index contributed by atoms with van der Waals surface area (Å²) in [6.45, 7) is 0. The van der Waals surface area contributed by atoms with E-state index in [1.165, 1.54) is 39.5 Å². The van der Waals surface area contributed by atoms with Gasteiger partial charge < -0.3 is 25.3 Å². The monoisotopic (exact) mass is 330 g/mol. The predicted octanol–water partition coefficient (Wildman–Crippen LogP) is 2.06. The SMILES string of the molecule is COc1ccc(OC)c(NC(=O)c2cc(C(N)=O)ccc2OC)c1. The van der Waals surface area contributed by atoms with E-state index in [-0.39, 0.29) is 11.1 Å². The van der Waals surface area contributed by atoms with E-state index in [2.05, 4.69) is 5.32 Å². The Morgan fingerprint density at radius 2 is 1.58 bits per heavy atom. The standard InChI is InChI=1S/C17H18N2O5/c1-22-11-5-7-15(24-3)13(9-11)19-17(21)12-8-10(16(18)20)4-6-14(12)23-2/h4-9H,1-3H3,(H2,18,20)(H,19,21). The van der Waals surface area contributed by atoms with Crippen LogP contribution in [0.4, 0.5) is 5.69 Å². The van der Waals surface area contributed by atoms with E-state index in [1.807, 2.05) is 0 Å². The van der Waals surface area contributed by atoms with Crippen molar-refractivity contribution in [2.24, 2.45) is 5.73 Å². The van der Waals surface area contributed by atoms with E-state index < -0.39 is 11.8 Å². The van der Waals surface area contributed by atoms with Crippen LogP contribution in [-0.2, 0) is 0 Å². The molecule has 0 saturated heterocycles. The van der Waals surface area contributed by atoms with Gasteiger partial charge in [0.15, 0.2) is 0 Å². The maximum Gasteiger partial charge on any atom is 0.259 e. The predicted molar refractivity (Wildman–Crippen MR) is 89.0 cm³/mol. The zero-order valence-electron chi connectivity index (χ0n) is 13.6. The number of benzene rings is 2. The Morgan fingerprint density at radius 3 is 2.17 bits per heavy atom. The molecular weight excluding hydrogens is 312 g/mol. The van der Waals surface area contributed by atoms with Crippen LogP contribution in [0.2, 0.25) is 0 Å². The van der Waals surface area contributed by atoms with E-state index >= 15 is 0 Å². The zero-order chi connectivity index (χ0) is 17.7. The number of carbonyl (C=O) groups is 2. The molecule has 0 radical (unpaired) electrons. The van der Waals surface area contributed by atoms with Gasteiger partial charge in [0.25, 0.3) is 5.91 Å². The van der Waals surface area contributed by atoms with Gasteiger partial charge in [-0.25, -0.2) is 0 Å². The van der Waals surface area contributed by atoms with E-state index in [9.17, 15) is 9.59 Å². The fourth-order valence-electron chi connectivity index (χ4n) is 2.14. The lowest BCUT2D eigenvalue weighted by Gasteiger charge is -2.13. The van der Waals surface area contributed by atoms with Crippen LogP contribution in [0.1, 0.15) is 20.7 Å². The van der Waals surface area contributed by atoms with Crippen LogP contribution >= 0.6 is 0 Å². The third kappa shape index (κ3) is 3.57. The molecule has 0 spiro atoms. The topological polar surface area (TPSA) is 99.9 Å². The smallest absolute Gasteiger partial charge is 0.259 e. The van der Waals surface area contributed by atoms with Gasteiger partial charge in [-0.2, -0.15) is 0 Å². The van der Waals surface area contributed by atoms with Crippen LogP contribution < -0.4 is 25.3 Å². The van der Waals surface area contributed by atoms with Crippen LogP contribution in [0.5, 0.6) is 17.2 Å². The van der Waals surface area contributed by atoms with Gasteiger partial charge in [-0.05, 0) is 30.3 Å². The molecule has 0 fully saturated rings. The average Bonchev–Trinajstić information content (AvgIpc) is 2.60. The Morgan fingerprint density at radius 1 is 0.917 bits per heavy atom. The molecular formula is C17H18N2O5. The summed E-state index contributed by atoms with van der Waals surface area (Å²) in [5, 5.41) is 2.72. The first kappa shape index (κ1) is 17.1. The van der Waals surface area contributed by atoms with Crippen LogP contribution in [0, 0.1) is 0 Å². The summed E-state index contributed by atoms with van der Waals surface area (Å²) in [5.41, 5.74) is 6.07. The number of hydrogen-bond acceptors (Lipinski definition) is 5. The summed E-state index contributed by atoms with van der Waals surface area (Å²) in [6.07, 6.45) is 0. The van der Waals surface area contributed by atoms with Gasteiger partial charge in [0.05, 0.1) is 32.6 Å². The van der Waals surface area contributed by atoms with E-state index in [0.717, 1.165) is 0 Å². The first-order valence-corrected chi connectivity index (χ1v) is 7.01. The summed E-state index contributed by atoms with van der Waals surface area (Å²) in [6, 6.07) is 9.39. The van der Waals surface area contributed by atoms with Gasteiger partial charge in [-0.3, -0.25) is 9.59 Å².